The van der Waals surface area contributed by atoms with Gasteiger partial charge < -0.3 is 4.90 Å². The van der Waals surface area contributed by atoms with Gasteiger partial charge in [0.15, 0.2) is 5.82 Å². The number of carbonyl (C=O) groups is 1. The summed E-state index contributed by atoms with van der Waals surface area (Å²) in [5, 5.41) is 7.42. The van der Waals surface area contributed by atoms with Crippen LogP contribution in [0.4, 0.5) is 17.6 Å². The molecule has 156 valence electrons. The number of benzene rings is 1. The maximum Gasteiger partial charge on any atom is 0.417 e. The summed E-state index contributed by atoms with van der Waals surface area (Å²) in [5.74, 6) is -1.12. The Morgan fingerprint density at radius 3 is 2.60 bits per heavy atom. The maximum atomic E-state index is 13.1. The Hall–Kier alpha value is -3.08. The molecule has 0 bridgehead atoms. The molecule has 30 heavy (non-hydrogen) atoms. The molecule has 3 heterocycles. The summed E-state index contributed by atoms with van der Waals surface area (Å²) in [6.07, 6.45) is -2.39. The maximum absolute atomic E-state index is 13.1. The van der Waals surface area contributed by atoms with Crippen molar-refractivity contribution in [1.82, 2.24) is 29.9 Å². The van der Waals surface area contributed by atoms with Crippen LogP contribution in [0.5, 0.6) is 0 Å². The van der Waals surface area contributed by atoms with E-state index in [4.69, 9.17) is 11.6 Å². The van der Waals surface area contributed by atoms with Gasteiger partial charge in [0.1, 0.15) is 5.69 Å². The molecular formula is C18H13ClF4N6O. The normalized spacial score (nSPS) is 16.5. The second-order valence-corrected chi connectivity index (χ2v) is 7.00. The van der Waals surface area contributed by atoms with Crippen molar-refractivity contribution in [2.45, 2.75) is 25.6 Å². The number of nitrogens with zero attached hydrogens (tertiary/aromatic N) is 6. The van der Waals surface area contributed by atoms with Crippen LogP contribution < -0.4 is 0 Å². The van der Waals surface area contributed by atoms with Gasteiger partial charge in [0, 0.05) is 13.0 Å². The molecule has 1 aliphatic rings. The molecule has 0 saturated carbocycles. The van der Waals surface area contributed by atoms with Crippen LogP contribution in [0.1, 0.15) is 40.3 Å². The van der Waals surface area contributed by atoms with E-state index in [2.05, 4.69) is 20.3 Å². The van der Waals surface area contributed by atoms with Gasteiger partial charge >= 0.3 is 6.18 Å². The third-order valence-electron chi connectivity index (χ3n) is 4.84. The van der Waals surface area contributed by atoms with Crippen LogP contribution in [0.2, 0.25) is 5.02 Å². The minimum atomic E-state index is -4.67. The van der Waals surface area contributed by atoms with Crippen molar-refractivity contribution >= 4 is 17.5 Å². The average molecular weight is 441 g/mol. The number of halogens is 5. The third kappa shape index (κ3) is 3.38. The molecule has 0 N–H and O–H groups in total. The molecule has 2 aromatic heterocycles. The fourth-order valence-corrected chi connectivity index (χ4v) is 3.68. The molecule has 1 amide bonds. The lowest BCUT2D eigenvalue weighted by atomic mass is 10.0. The third-order valence-corrected chi connectivity index (χ3v) is 5.24. The predicted molar refractivity (Wildman–Crippen MR) is 96.5 cm³/mol. The summed E-state index contributed by atoms with van der Waals surface area (Å²) < 4.78 is 53.8. The molecule has 1 aromatic carbocycles. The van der Waals surface area contributed by atoms with E-state index in [-0.39, 0.29) is 18.1 Å². The van der Waals surface area contributed by atoms with E-state index in [1.54, 1.807) is 6.92 Å². The summed E-state index contributed by atoms with van der Waals surface area (Å²) in [4.78, 5) is 22.1. The van der Waals surface area contributed by atoms with E-state index in [1.165, 1.54) is 15.6 Å². The molecule has 12 heteroatoms. The first-order valence-electron chi connectivity index (χ1n) is 8.77. The number of hydrogen-bond donors (Lipinski definition) is 0. The minimum absolute atomic E-state index is 0.123. The Morgan fingerprint density at radius 1 is 1.23 bits per heavy atom. The zero-order valence-electron chi connectivity index (χ0n) is 15.4. The smallest absolute Gasteiger partial charge is 0.330 e. The van der Waals surface area contributed by atoms with Crippen LogP contribution in [0.3, 0.4) is 0 Å². The first-order valence-corrected chi connectivity index (χ1v) is 9.15. The molecule has 0 aliphatic carbocycles. The van der Waals surface area contributed by atoms with Crippen molar-refractivity contribution in [3.05, 3.63) is 63.9 Å². The van der Waals surface area contributed by atoms with Crippen molar-refractivity contribution in [2.24, 2.45) is 0 Å². The van der Waals surface area contributed by atoms with Gasteiger partial charge in [0.05, 0.1) is 40.3 Å². The van der Waals surface area contributed by atoms with Gasteiger partial charge in [-0.15, -0.1) is 5.10 Å². The second-order valence-electron chi connectivity index (χ2n) is 6.62. The van der Waals surface area contributed by atoms with E-state index in [9.17, 15) is 22.4 Å². The Labute approximate surface area is 172 Å². The van der Waals surface area contributed by atoms with E-state index in [0.29, 0.717) is 17.8 Å². The summed E-state index contributed by atoms with van der Waals surface area (Å²) in [6.45, 7) is 1.87. The molecule has 7 nitrogen and oxygen atoms in total. The summed E-state index contributed by atoms with van der Waals surface area (Å²) in [7, 11) is 0. The van der Waals surface area contributed by atoms with Crippen molar-refractivity contribution < 1.29 is 22.4 Å². The van der Waals surface area contributed by atoms with E-state index in [1.807, 2.05) is 0 Å². The van der Waals surface area contributed by atoms with Crippen molar-refractivity contribution in [3.63, 3.8) is 0 Å². The molecule has 1 aliphatic heterocycles. The summed E-state index contributed by atoms with van der Waals surface area (Å²) in [6, 6.07) is 2.64. The summed E-state index contributed by atoms with van der Waals surface area (Å²) >= 11 is 5.91. The van der Waals surface area contributed by atoms with Gasteiger partial charge in [-0.1, -0.05) is 22.9 Å². The fraction of sp³-hybridized carbons (Fsp3) is 0.278. The lowest BCUT2D eigenvalue weighted by molar-refractivity contribution is -0.137. The Kier molecular flexibility index (Phi) is 4.92. The number of rotatable bonds is 2. The van der Waals surface area contributed by atoms with Crippen LogP contribution in [0, 0.1) is 5.82 Å². The number of hydrogen-bond acceptors (Lipinski definition) is 5. The Morgan fingerprint density at radius 2 is 1.93 bits per heavy atom. The number of amides is 1. The highest BCUT2D eigenvalue weighted by Crippen LogP contribution is 2.38. The zero-order chi connectivity index (χ0) is 21.6. The second kappa shape index (κ2) is 7.31. The molecular weight excluding hydrogens is 428 g/mol. The highest BCUT2D eigenvalue weighted by Gasteiger charge is 2.37. The lowest BCUT2D eigenvalue weighted by Gasteiger charge is -2.33. The first kappa shape index (κ1) is 20.2. The monoisotopic (exact) mass is 440 g/mol. The van der Waals surface area contributed by atoms with Crippen LogP contribution in [-0.2, 0) is 12.6 Å². The molecule has 0 fully saturated rings. The average Bonchev–Trinajstić information content (AvgIpc) is 3.13. The van der Waals surface area contributed by atoms with Crippen molar-refractivity contribution in [3.8, 4) is 5.95 Å². The van der Waals surface area contributed by atoms with E-state index in [0.717, 1.165) is 24.5 Å². The molecule has 0 unspecified atom stereocenters. The van der Waals surface area contributed by atoms with Gasteiger partial charge in [-0.3, -0.25) is 4.79 Å². The number of alkyl halides is 3. The van der Waals surface area contributed by atoms with E-state index >= 15 is 0 Å². The Balaban J connectivity index is 1.66. The minimum Gasteiger partial charge on any atom is -0.330 e. The molecule has 3 aromatic rings. The summed E-state index contributed by atoms with van der Waals surface area (Å²) in [5.41, 5.74) is -0.227. The first-order chi connectivity index (χ1) is 14.2. The van der Waals surface area contributed by atoms with E-state index < -0.39 is 34.5 Å². The molecule has 4 rings (SSSR count). The number of fused-ring (bicyclic) bond motifs is 1. The Bertz CT molecular complexity index is 1110. The fourth-order valence-electron chi connectivity index (χ4n) is 3.36. The zero-order valence-corrected chi connectivity index (χ0v) is 16.1. The number of carbonyl (C=O) groups excluding carboxylic acids is 1. The van der Waals surface area contributed by atoms with Crippen LogP contribution in [0.15, 0.2) is 30.6 Å². The topological polar surface area (TPSA) is 76.8 Å². The SMILES string of the molecule is C[C@H]1c2nnn(-c3ncc(F)cn3)c2CCN1C(=O)c1cccc(C(F)(F)F)c1Cl. The highest BCUT2D eigenvalue weighted by atomic mass is 35.5. The van der Waals surface area contributed by atoms with Crippen molar-refractivity contribution in [1.29, 1.82) is 0 Å². The van der Waals surface area contributed by atoms with Gasteiger partial charge in [-0.05, 0) is 19.1 Å². The standard InChI is InChI=1S/C18H13ClF4N6O/c1-9-15-13(29(27-26-15)17-24-7-10(20)8-25-17)5-6-28(9)16(30)11-3-2-4-12(14(11)19)18(21,22)23/h2-4,7-9H,5-6H2,1H3/t9-/m0/s1. The largest absolute Gasteiger partial charge is 0.417 e. The van der Waals surface area contributed by atoms with Crippen LogP contribution in [0.25, 0.3) is 5.95 Å². The highest BCUT2D eigenvalue weighted by molar-refractivity contribution is 6.34. The van der Waals surface area contributed by atoms with Gasteiger partial charge in [0.25, 0.3) is 11.9 Å². The van der Waals surface area contributed by atoms with Gasteiger partial charge in [-0.25, -0.2) is 14.4 Å². The molecule has 1 atom stereocenters. The lowest BCUT2D eigenvalue weighted by Crippen LogP contribution is -2.39. The quantitative estimate of drug-likeness (QED) is 0.569. The number of aromatic nitrogens is 5. The van der Waals surface area contributed by atoms with Crippen LogP contribution >= 0.6 is 11.6 Å². The molecule has 0 saturated heterocycles. The molecule has 0 radical (unpaired) electrons. The van der Waals surface area contributed by atoms with Crippen LogP contribution in [-0.4, -0.2) is 42.3 Å². The van der Waals surface area contributed by atoms with Gasteiger partial charge in [0.2, 0.25) is 0 Å². The molecule has 0 spiro atoms. The van der Waals surface area contributed by atoms with Gasteiger partial charge in [-0.2, -0.15) is 17.9 Å². The van der Waals surface area contributed by atoms with Crippen molar-refractivity contribution in [2.75, 3.05) is 6.54 Å². The predicted octanol–water partition coefficient (Wildman–Crippen LogP) is 3.63.